The number of carbonyl (C=O) groups is 1. The van der Waals surface area contributed by atoms with E-state index in [9.17, 15) is 4.79 Å². The predicted molar refractivity (Wildman–Crippen MR) is 133 cm³/mol. The number of para-hydroxylation sites is 1. The highest BCUT2D eigenvalue weighted by Gasteiger charge is 2.19. The van der Waals surface area contributed by atoms with Gasteiger partial charge in [0, 0.05) is 18.1 Å². The van der Waals surface area contributed by atoms with Crippen molar-refractivity contribution in [3.05, 3.63) is 77.7 Å². The summed E-state index contributed by atoms with van der Waals surface area (Å²) in [5, 5.41) is 4.24. The minimum Gasteiger partial charge on any atom is -0.320 e. The van der Waals surface area contributed by atoms with Crippen LogP contribution < -0.4 is 5.32 Å². The van der Waals surface area contributed by atoms with Crippen molar-refractivity contribution >= 4 is 99.2 Å². The van der Waals surface area contributed by atoms with Gasteiger partial charge in [0.15, 0.2) is 0 Å². The lowest BCUT2D eigenvalue weighted by Gasteiger charge is -2.13. The number of aromatic nitrogens is 1. The van der Waals surface area contributed by atoms with E-state index in [0.29, 0.717) is 16.3 Å². The average molecular weight is 649 g/mol. The van der Waals surface area contributed by atoms with Crippen LogP contribution in [0.15, 0.2) is 63.5 Å². The molecule has 28 heavy (non-hydrogen) atoms. The van der Waals surface area contributed by atoms with Gasteiger partial charge in [-0.2, -0.15) is 0 Å². The molecule has 1 aromatic heterocycles. The van der Waals surface area contributed by atoms with E-state index < -0.39 is 0 Å². The average Bonchev–Trinajstić information content (AvgIpc) is 3.09. The number of nitrogens with zero attached hydrogens (tertiary/aromatic N) is 1. The molecule has 1 amide bonds. The van der Waals surface area contributed by atoms with Crippen LogP contribution in [0.5, 0.6) is 0 Å². The molecule has 0 saturated heterocycles. The number of nitrogens with one attached hydrogen (secondary N) is 1. The molecular formula is C20H10Br2ClIN2OS. The zero-order valence-corrected chi connectivity index (χ0v) is 20.9. The van der Waals surface area contributed by atoms with Gasteiger partial charge in [-0.15, -0.1) is 11.3 Å². The molecule has 4 aromatic rings. The number of fused-ring (bicyclic) bond motifs is 1. The van der Waals surface area contributed by atoms with Crippen molar-refractivity contribution in [1.29, 1.82) is 0 Å². The summed E-state index contributed by atoms with van der Waals surface area (Å²) in [6.07, 6.45) is 0. The van der Waals surface area contributed by atoms with E-state index in [-0.39, 0.29) is 5.91 Å². The van der Waals surface area contributed by atoms with E-state index in [1.165, 1.54) is 0 Å². The smallest absolute Gasteiger partial charge is 0.257 e. The number of anilines is 1. The molecule has 0 bridgehead atoms. The lowest BCUT2D eigenvalue weighted by atomic mass is 10.1. The lowest BCUT2D eigenvalue weighted by molar-refractivity contribution is 0.102. The van der Waals surface area contributed by atoms with Gasteiger partial charge in [-0.1, -0.05) is 39.7 Å². The van der Waals surface area contributed by atoms with E-state index in [1.807, 2.05) is 42.5 Å². The summed E-state index contributed by atoms with van der Waals surface area (Å²) in [6.45, 7) is 0. The van der Waals surface area contributed by atoms with Gasteiger partial charge in [0.2, 0.25) is 0 Å². The summed E-state index contributed by atoms with van der Waals surface area (Å²) in [4.78, 5) is 17.7. The Morgan fingerprint density at radius 3 is 2.68 bits per heavy atom. The zero-order valence-electron chi connectivity index (χ0n) is 14.0. The largest absolute Gasteiger partial charge is 0.320 e. The first-order valence-corrected chi connectivity index (χ1v) is 11.9. The maximum Gasteiger partial charge on any atom is 0.257 e. The van der Waals surface area contributed by atoms with Crippen molar-refractivity contribution in [3.8, 4) is 10.6 Å². The molecule has 0 atom stereocenters. The minimum absolute atomic E-state index is 0.270. The number of amides is 1. The Morgan fingerprint density at radius 1 is 1.11 bits per heavy atom. The molecule has 0 unspecified atom stereocenters. The van der Waals surface area contributed by atoms with Gasteiger partial charge >= 0.3 is 0 Å². The first-order chi connectivity index (χ1) is 13.4. The highest BCUT2D eigenvalue weighted by Crippen LogP contribution is 2.40. The Kier molecular flexibility index (Phi) is 6.08. The third-order valence-corrected chi connectivity index (χ3v) is 7.14. The SMILES string of the molecule is O=C(Nc1c(Br)cc(Br)cc1-c1nc2ccccc2s1)c1cc(I)ccc1Cl. The molecule has 0 aliphatic carbocycles. The Hall–Kier alpha value is -1.000. The van der Waals surface area contributed by atoms with Crippen molar-refractivity contribution in [2.24, 2.45) is 0 Å². The summed E-state index contributed by atoms with van der Waals surface area (Å²) in [7, 11) is 0. The molecule has 1 N–H and O–H groups in total. The minimum atomic E-state index is -0.270. The number of rotatable bonds is 3. The topological polar surface area (TPSA) is 42.0 Å². The number of carbonyl (C=O) groups excluding carboxylic acids is 1. The fourth-order valence-electron chi connectivity index (χ4n) is 2.71. The molecule has 0 saturated carbocycles. The molecule has 1 heterocycles. The maximum absolute atomic E-state index is 12.9. The van der Waals surface area contributed by atoms with Crippen LogP contribution in [0.3, 0.4) is 0 Å². The van der Waals surface area contributed by atoms with Crippen LogP contribution in [-0.4, -0.2) is 10.9 Å². The maximum atomic E-state index is 12.9. The van der Waals surface area contributed by atoms with Gasteiger partial charge < -0.3 is 5.32 Å². The van der Waals surface area contributed by atoms with Crippen LogP contribution in [0.2, 0.25) is 5.02 Å². The summed E-state index contributed by atoms with van der Waals surface area (Å²) >= 11 is 17.1. The van der Waals surface area contributed by atoms with Crippen LogP contribution in [0, 0.1) is 3.57 Å². The van der Waals surface area contributed by atoms with E-state index in [2.05, 4.69) is 59.8 Å². The lowest BCUT2D eigenvalue weighted by Crippen LogP contribution is -2.14. The Bertz CT molecular complexity index is 1200. The third kappa shape index (κ3) is 4.14. The number of hydrogen-bond donors (Lipinski definition) is 1. The molecule has 0 spiro atoms. The van der Waals surface area contributed by atoms with Gasteiger partial charge in [0.05, 0.1) is 26.5 Å². The predicted octanol–water partition coefficient (Wildman–Crippen LogP) is 8.00. The van der Waals surface area contributed by atoms with E-state index in [0.717, 1.165) is 33.3 Å². The first kappa shape index (κ1) is 20.3. The van der Waals surface area contributed by atoms with E-state index >= 15 is 0 Å². The van der Waals surface area contributed by atoms with Crippen molar-refractivity contribution in [2.75, 3.05) is 5.32 Å². The van der Waals surface area contributed by atoms with E-state index in [4.69, 9.17) is 16.6 Å². The third-order valence-electron chi connectivity index (χ3n) is 3.99. The van der Waals surface area contributed by atoms with Crippen LogP contribution in [0.25, 0.3) is 20.8 Å². The van der Waals surface area contributed by atoms with Crippen LogP contribution in [0.4, 0.5) is 5.69 Å². The van der Waals surface area contributed by atoms with Crippen molar-refractivity contribution in [3.63, 3.8) is 0 Å². The molecule has 4 rings (SSSR count). The first-order valence-electron chi connectivity index (χ1n) is 8.04. The second kappa shape index (κ2) is 8.39. The standard InChI is InChI=1S/C20H10Br2ClIN2OS/c21-10-7-13(20-25-16-3-1-2-4-17(16)28-20)18(14(22)8-10)26-19(27)12-9-11(24)5-6-15(12)23/h1-9H,(H,26,27). The molecule has 0 radical (unpaired) electrons. The van der Waals surface area contributed by atoms with Crippen LogP contribution in [0.1, 0.15) is 10.4 Å². The van der Waals surface area contributed by atoms with E-state index in [1.54, 1.807) is 23.5 Å². The van der Waals surface area contributed by atoms with Crippen molar-refractivity contribution < 1.29 is 4.79 Å². The van der Waals surface area contributed by atoms with Crippen LogP contribution in [-0.2, 0) is 0 Å². The number of hydrogen-bond acceptors (Lipinski definition) is 3. The Morgan fingerprint density at radius 2 is 1.89 bits per heavy atom. The van der Waals surface area contributed by atoms with Crippen molar-refractivity contribution in [1.82, 2.24) is 4.98 Å². The Balaban J connectivity index is 1.81. The van der Waals surface area contributed by atoms with Gasteiger partial charge in [0.25, 0.3) is 5.91 Å². The molecule has 0 aliphatic rings. The fourth-order valence-corrected chi connectivity index (χ4v) is 5.72. The molecule has 140 valence electrons. The molecule has 0 fully saturated rings. The Labute approximate surface area is 200 Å². The molecule has 0 aliphatic heterocycles. The summed E-state index contributed by atoms with van der Waals surface area (Å²) in [5.41, 5.74) is 2.84. The second-order valence-corrected chi connectivity index (χ2v) is 10.3. The summed E-state index contributed by atoms with van der Waals surface area (Å²) in [5.74, 6) is -0.270. The van der Waals surface area contributed by atoms with Gasteiger partial charge in [-0.25, -0.2) is 4.98 Å². The van der Waals surface area contributed by atoms with Gasteiger partial charge in [0.1, 0.15) is 5.01 Å². The highest BCUT2D eigenvalue weighted by molar-refractivity contribution is 14.1. The summed E-state index contributed by atoms with van der Waals surface area (Å²) in [6, 6.07) is 17.2. The normalized spacial score (nSPS) is 11.0. The van der Waals surface area contributed by atoms with Gasteiger partial charge in [-0.3, -0.25) is 4.79 Å². The molecule has 8 heteroatoms. The van der Waals surface area contributed by atoms with Crippen molar-refractivity contribution in [2.45, 2.75) is 0 Å². The highest BCUT2D eigenvalue weighted by atomic mass is 127. The number of benzene rings is 3. The molecule has 3 aromatic carbocycles. The molecule has 3 nitrogen and oxygen atoms in total. The second-order valence-electron chi connectivity index (χ2n) is 5.88. The van der Waals surface area contributed by atoms with Crippen LogP contribution >= 0.6 is 77.4 Å². The number of halogens is 4. The zero-order chi connectivity index (χ0) is 19.8. The fraction of sp³-hybridized carbons (Fsp3) is 0. The monoisotopic (exact) mass is 646 g/mol. The molecular weight excluding hydrogens is 638 g/mol. The number of thiazole rings is 1. The van der Waals surface area contributed by atoms with Gasteiger partial charge in [-0.05, 0) is 81.0 Å². The quantitative estimate of drug-likeness (QED) is 0.229. The summed E-state index contributed by atoms with van der Waals surface area (Å²) < 4.78 is 3.67.